The minimum absolute atomic E-state index is 0.278. The third-order valence-electron chi connectivity index (χ3n) is 3.32. The van der Waals surface area contributed by atoms with Crippen LogP contribution in [-0.4, -0.2) is 13.0 Å². The predicted molar refractivity (Wildman–Crippen MR) is 69.5 cm³/mol. The van der Waals surface area contributed by atoms with Crippen LogP contribution in [0.2, 0.25) is 6.55 Å². The van der Waals surface area contributed by atoms with E-state index in [4.69, 9.17) is 26.6 Å². The molecular weight excluding hydrogens is 247 g/mol. The van der Waals surface area contributed by atoms with E-state index in [1.807, 2.05) is 6.55 Å². The molecule has 1 rings (SSSR count). The van der Waals surface area contributed by atoms with Gasteiger partial charge in [0, 0.05) is 0 Å². The summed E-state index contributed by atoms with van der Waals surface area (Å²) in [6.45, 7) is 6.23. The quantitative estimate of drug-likeness (QED) is 0.541. The Morgan fingerprint density at radius 3 is 2.33 bits per heavy atom. The minimum atomic E-state index is -2.42. The van der Waals surface area contributed by atoms with Gasteiger partial charge < -0.3 is 4.43 Å². The van der Waals surface area contributed by atoms with Crippen molar-refractivity contribution in [3.63, 3.8) is 0 Å². The molecule has 0 radical (unpaired) electrons. The normalized spacial score (nSPS) is 33.4. The van der Waals surface area contributed by atoms with Gasteiger partial charge in [0.05, 0.1) is 6.10 Å². The monoisotopic (exact) mass is 268 g/mol. The number of hydrogen-bond donors (Lipinski definition) is 0. The second-order valence-corrected chi connectivity index (χ2v) is 12.0. The summed E-state index contributed by atoms with van der Waals surface area (Å²) in [6, 6.07) is 0. The lowest BCUT2D eigenvalue weighted by atomic mass is 9.75. The first-order valence-corrected chi connectivity index (χ1v) is 10.3. The maximum atomic E-state index is 6.07. The van der Waals surface area contributed by atoms with Crippen LogP contribution in [0.3, 0.4) is 0 Å². The molecule has 1 nitrogen and oxygen atoms in total. The summed E-state index contributed by atoms with van der Waals surface area (Å²) in [7, 11) is 0. The molecule has 0 N–H and O–H groups in total. The van der Waals surface area contributed by atoms with Gasteiger partial charge in [-0.1, -0.05) is 27.2 Å². The summed E-state index contributed by atoms with van der Waals surface area (Å²) < 4.78 is 5.89. The van der Waals surface area contributed by atoms with E-state index >= 15 is 0 Å². The van der Waals surface area contributed by atoms with Crippen LogP contribution in [0.5, 0.6) is 0 Å². The second kappa shape index (κ2) is 5.39. The summed E-state index contributed by atoms with van der Waals surface area (Å²) in [5, 5.41) is 0. The molecule has 1 saturated carbocycles. The molecule has 0 spiro atoms. The molecule has 3 unspecified atom stereocenters. The first-order chi connectivity index (χ1) is 6.79. The highest BCUT2D eigenvalue weighted by Crippen LogP contribution is 2.37. The van der Waals surface area contributed by atoms with Gasteiger partial charge in [-0.05, 0) is 37.1 Å². The topological polar surface area (TPSA) is 9.23 Å². The van der Waals surface area contributed by atoms with Crippen LogP contribution in [0.25, 0.3) is 0 Å². The number of rotatable bonds is 3. The molecule has 3 atom stereocenters. The van der Waals surface area contributed by atoms with Crippen molar-refractivity contribution < 1.29 is 4.43 Å². The lowest BCUT2D eigenvalue weighted by molar-refractivity contribution is 0.0457. The van der Waals surface area contributed by atoms with Gasteiger partial charge in [0.1, 0.15) is 0 Å². The van der Waals surface area contributed by atoms with Crippen LogP contribution in [0.15, 0.2) is 0 Å². The molecule has 15 heavy (non-hydrogen) atoms. The van der Waals surface area contributed by atoms with E-state index < -0.39 is 6.94 Å². The Bertz CT molecular complexity index is 203. The molecule has 1 fully saturated rings. The number of hydrogen-bond acceptors (Lipinski definition) is 1. The van der Waals surface area contributed by atoms with E-state index in [9.17, 15) is 0 Å². The highest BCUT2D eigenvalue weighted by Gasteiger charge is 2.36. The maximum absolute atomic E-state index is 6.07. The van der Waals surface area contributed by atoms with E-state index in [-0.39, 0.29) is 6.10 Å². The van der Waals surface area contributed by atoms with Crippen molar-refractivity contribution in [3.8, 4) is 0 Å². The Morgan fingerprint density at radius 1 is 1.27 bits per heavy atom. The summed E-state index contributed by atoms with van der Waals surface area (Å²) >= 11 is 12.1. The largest absolute Gasteiger partial charge is 0.389 e. The Kier molecular flexibility index (Phi) is 4.97. The third kappa shape index (κ3) is 4.64. The van der Waals surface area contributed by atoms with Crippen molar-refractivity contribution in [2.24, 2.45) is 17.8 Å². The zero-order valence-corrected chi connectivity index (χ0v) is 12.6. The fraction of sp³-hybridized carbons (Fsp3) is 1.00. The van der Waals surface area contributed by atoms with Crippen LogP contribution in [0, 0.1) is 17.8 Å². The second-order valence-electron chi connectivity index (χ2n) is 5.29. The van der Waals surface area contributed by atoms with Gasteiger partial charge in [-0.15, -0.1) is 22.2 Å². The summed E-state index contributed by atoms with van der Waals surface area (Å²) in [5.41, 5.74) is 0. The zero-order valence-electron chi connectivity index (χ0n) is 10.1. The van der Waals surface area contributed by atoms with E-state index in [0.29, 0.717) is 11.8 Å². The molecule has 0 aromatic heterocycles. The van der Waals surface area contributed by atoms with Gasteiger partial charge in [-0.3, -0.25) is 0 Å². The molecule has 90 valence electrons. The van der Waals surface area contributed by atoms with E-state index in [1.54, 1.807) is 0 Å². The van der Waals surface area contributed by atoms with Gasteiger partial charge in [0.15, 0.2) is 0 Å². The molecular formula is C11H22Cl2OSi. The third-order valence-corrected chi connectivity index (χ3v) is 4.57. The van der Waals surface area contributed by atoms with Crippen LogP contribution in [0.1, 0.15) is 40.0 Å². The van der Waals surface area contributed by atoms with E-state index in [0.717, 1.165) is 12.3 Å². The summed E-state index contributed by atoms with van der Waals surface area (Å²) in [6.07, 6.45) is 3.96. The molecule has 1 aliphatic carbocycles. The molecule has 0 amide bonds. The van der Waals surface area contributed by atoms with Gasteiger partial charge in [0.25, 0.3) is 0 Å². The molecule has 0 heterocycles. The van der Waals surface area contributed by atoms with Crippen molar-refractivity contribution in [2.75, 3.05) is 0 Å². The molecule has 0 aliphatic heterocycles. The summed E-state index contributed by atoms with van der Waals surface area (Å²) in [5.74, 6) is 2.03. The summed E-state index contributed by atoms with van der Waals surface area (Å²) in [4.78, 5) is 0. The number of halogens is 2. The molecule has 0 aromatic rings. The highest BCUT2D eigenvalue weighted by atomic mass is 35.7. The van der Waals surface area contributed by atoms with Gasteiger partial charge in [0.2, 0.25) is 0 Å². The van der Waals surface area contributed by atoms with Crippen molar-refractivity contribution in [2.45, 2.75) is 52.7 Å². The van der Waals surface area contributed by atoms with Gasteiger partial charge >= 0.3 is 6.94 Å². The first-order valence-electron chi connectivity index (χ1n) is 5.85. The molecule has 0 saturated heterocycles. The Morgan fingerprint density at radius 2 is 1.87 bits per heavy atom. The lowest BCUT2D eigenvalue weighted by Crippen LogP contribution is -2.39. The van der Waals surface area contributed by atoms with Crippen LogP contribution in [0.4, 0.5) is 0 Å². The van der Waals surface area contributed by atoms with E-state index in [1.165, 1.54) is 12.8 Å². The van der Waals surface area contributed by atoms with E-state index in [2.05, 4.69) is 20.8 Å². The predicted octanol–water partition coefficient (Wildman–Crippen LogP) is 4.51. The van der Waals surface area contributed by atoms with Crippen LogP contribution in [-0.2, 0) is 4.43 Å². The average molecular weight is 269 g/mol. The van der Waals surface area contributed by atoms with Crippen molar-refractivity contribution in [3.05, 3.63) is 0 Å². The minimum Gasteiger partial charge on any atom is -0.389 e. The zero-order chi connectivity index (χ0) is 11.6. The first kappa shape index (κ1) is 13.8. The molecule has 0 aromatic carbocycles. The Hall–Kier alpha value is 0.757. The maximum Gasteiger partial charge on any atom is 0.386 e. The smallest absolute Gasteiger partial charge is 0.386 e. The molecule has 1 aliphatic rings. The van der Waals surface area contributed by atoms with Crippen molar-refractivity contribution in [1.82, 2.24) is 0 Å². The molecule has 4 heteroatoms. The van der Waals surface area contributed by atoms with Crippen molar-refractivity contribution >= 4 is 29.1 Å². The average Bonchev–Trinajstić information content (AvgIpc) is 1.99. The van der Waals surface area contributed by atoms with Crippen molar-refractivity contribution in [1.29, 1.82) is 0 Å². The lowest BCUT2D eigenvalue weighted by Gasteiger charge is -2.39. The fourth-order valence-electron chi connectivity index (χ4n) is 2.52. The Balaban J connectivity index is 2.62. The van der Waals surface area contributed by atoms with Gasteiger partial charge in [-0.25, -0.2) is 0 Å². The van der Waals surface area contributed by atoms with Crippen LogP contribution < -0.4 is 0 Å². The standard InChI is InChI=1S/C11H22Cl2OSi/c1-8(2)10-6-5-9(3)7-11(10)14-15(4,12)13/h8-11H,5-7H2,1-4H3. The highest BCUT2D eigenvalue weighted by molar-refractivity contribution is 7.41. The van der Waals surface area contributed by atoms with Crippen LogP contribution >= 0.6 is 22.2 Å². The molecule has 0 bridgehead atoms. The SMILES string of the molecule is CC1CCC(C(C)C)C(O[Si](C)(Cl)Cl)C1. The van der Waals surface area contributed by atoms with Gasteiger partial charge in [-0.2, -0.15) is 0 Å². The Labute approximate surface area is 104 Å². The fourth-order valence-corrected chi connectivity index (χ4v) is 4.01.